The van der Waals surface area contributed by atoms with Gasteiger partial charge in [-0.1, -0.05) is 60.7 Å². The summed E-state index contributed by atoms with van der Waals surface area (Å²) in [7, 11) is 0. The van der Waals surface area contributed by atoms with Crippen LogP contribution in [0.5, 0.6) is 11.5 Å². The first-order valence-corrected chi connectivity index (χ1v) is 12.8. The minimum atomic E-state index is -0.648. The van der Waals surface area contributed by atoms with Gasteiger partial charge in [-0.2, -0.15) is 0 Å². The van der Waals surface area contributed by atoms with Crippen LogP contribution in [0, 0.1) is 6.92 Å². The van der Waals surface area contributed by atoms with E-state index in [0.717, 1.165) is 28.0 Å². The number of carbonyl (C=O) groups is 2. The third-order valence-electron chi connectivity index (χ3n) is 6.44. The lowest BCUT2D eigenvalue weighted by molar-refractivity contribution is -0.141. The standard InChI is InChI=1S/C31H36N2O4/c1-22-10-8-9-13-25(22)20-33(29(34)17-15-24-14-16-27-28(19-24)37-21-36-27)26(30(35)32-31(2,3)4)18-23-11-6-5-7-12-23/h5-14,16,19,26H,15,17-18,20-21H2,1-4H3,(H,32,35)/t26-/m0/s1. The van der Waals surface area contributed by atoms with E-state index >= 15 is 0 Å². The monoisotopic (exact) mass is 500 g/mol. The van der Waals surface area contributed by atoms with E-state index in [1.165, 1.54) is 0 Å². The zero-order valence-corrected chi connectivity index (χ0v) is 22.1. The molecule has 0 saturated carbocycles. The molecule has 3 aromatic carbocycles. The largest absolute Gasteiger partial charge is 0.454 e. The topological polar surface area (TPSA) is 67.9 Å². The van der Waals surface area contributed by atoms with Crippen LogP contribution in [-0.4, -0.2) is 35.1 Å². The summed E-state index contributed by atoms with van der Waals surface area (Å²) >= 11 is 0. The van der Waals surface area contributed by atoms with Gasteiger partial charge in [-0.25, -0.2) is 0 Å². The van der Waals surface area contributed by atoms with Crippen molar-refractivity contribution in [3.05, 3.63) is 95.1 Å². The highest BCUT2D eigenvalue weighted by atomic mass is 16.7. The molecule has 2 amide bonds. The molecule has 4 rings (SSSR count). The normalized spacial score (nSPS) is 13.2. The summed E-state index contributed by atoms with van der Waals surface area (Å²) in [5, 5.41) is 3.11. The maximum atomic E-state index is 13.9. The van der Waals surface area contributed by atoms with Gasteiger partial charge in [0.05, 0.1) is 0 Å². The average molecular weight is 501 g/mol. The van der Waals surface area contributed by atoms with Crippen molar-refractivity contribution in [1.29, 1.82) is 0 Å². The van der Waals surface area contributed by atoms with Crippen molar-refractivity contribution in [2.45, 2.75) is 65.1 Å². The fourth-order valence-corrected chi connectivity index (χ4v) is 4.47. The van der Waals surface area contributed by atoms with Crippen LogP contribution in [0.25, 0.3) is 0 Å². The molecular formula is C31H36N2O4. The SMILES string of the molecule is Cc1ccccc1CN(C(=O)CCc1ccc2c(c1)OCO2)[C@@H](Cc1ccccc1)C(=O)NC(C)(C)C. The predicted molar refractivity (Wildman–Crippen MR) is 144 cm³/mol. The first-order valence-electron chi connectivity index (χ1n) is 12.8. The van der Waals surface area contributed by atoms with E-state index in [4.69, 9.17) is 9.47 Å². The zero-order chi connectivity index (χ0) is 26.4. The molecule has 0 aromatic heterocycles. The molecular weight excluding hydrogens is 464 g/mol. The predicted octanol–water partition coefficient (Wildman–Crippen LogP) is 5.21. The maximum Gasteiger partial charge on any atom is 0.243 e. The molecule has 37 heavy (non-hydrogen) atoms. The highest BCUT2D eigenvalue weighted by Crippen LogP contribution is 2.33. The summed E-state index contributed by atoms with van der Waals surface area (Å²) in [6, 6.07) is 23.0. The minimum Gasteiger partial charge on any atom is -0.454 e. The van der Waals surface area contributed by atoms with Crippen molar-refractivity contribution in [3.8, 4) is 11.5 Å². The third-order valence-corrected chi connectivity index (χ3v) is 6.44. The van der Waals surface area contributed by atoms with E-state index in [1.807, 2.05) is 100 Å². The Morgan fingerprint density at radius 1 is 0.919 bits per heavy atom. The number of ether oxygens (including phenoxy) is 2. The van der Waals surface area contributed by atoms with Gasteiger partial charge in [-0.05, 0) is 68.5 Å². The molecule has 0 saturated heterocycles. The highest BCUT2D eigenvalue weighted by Gasteiger charge is 2.32. The average Bonchev–Trinajstić information content (AvgIpc) is 3.33. The molecule has 0 radical (unpaired) electrons. The number of nitrogens with one attached hydrogen (secondary N) is 1. The fraction of sp³-hybridized carbons (Fsp3) is 0.355. The van der Waals surface area contributed by atoms with Gasteiger partial charge in [0.25, 0.3) is 0 Å². The van der Waals surface area contributed by atoms with Crippen molar-refractivity contribution in [1.82, 2.24) is 10.2 Å². The van der Waals surface area contributed by atoms with Crippen molar-refractivity contribution >= 4 is 11.8 Å². The number of fused-ring (bicyclic) bond motifs is 1. The van der Waals surface area contributed by atoms with E-state index in [1.54, 1.807) is 4.90 Å². The van der Waals surface area contributed by atoms with Crippen LogP contribution in [-0.2, 0) is 29.0 Å². The van der Waals surface area contributed by atoms with E-state index in [0.29, 0.717) is 25.1 Å². The van der Waals surface area contributed by atoms with Crippen molar-refractivity contribution < 1.29 is 19.1 Å². The van der Waals surface area contributed by atoms with Crippen LogP contribution >= 0.6 is 0 Å². The van der Waals surface area contributed by atoms with Gasteiger partial charge in [-0.15, -0.1) is 0 Å². The first kappa shape index (κ1) is 26.3. The third kappa shape index (κ3) is 7.13. The van der Waals surface area contributed by atoms with Crippen molar-refractivity contribution in [2.75, 3.05) is 6.79 Å². The summed E-state index contributed by atoms with van der Waals surface area (Å²) in [4.78, 5) is 29.3. The van der Waals surface area contributed by atoms with Gasteiger partial charge < -0.3 is 19.7 Å². The Hall–Kier alpha value is -3.80. The second kappa shape index (κ2) is 11.5. The lowest BCUT2D eigenvalue weighted by Gasteiger charge is -2.34. The minimum absolute atomic E-state index is 0.0640. The number of hydrogen-bond donors (Lipinski definition) is 1. The van der Waals surface area contributed by atoms with Crippen LogP contribution in [0.4, 0.5) is 0 Å². The number of benzene rings is 3. The van der Waals surface area contributed by atoms with Crippen LogP contribution < -0.4 is 14.8 Å². The molecule has 1 heterocycles. The summed E-state index contributed by atoms with van der Waals surface area (Å²) in [5.41, 5.74) is 3.70. The Labute approximate surface area is 219 Å². The summed E-state index contributed by atoms with van der Waals surface area (Å²) in [6.07, 6.45) is 1.25. The van der Waals surface area contributed by atoms with Gasteiger partial charge in [-0.3, -0.25) is 9.59 Å². The number of rotatable bonds is 9. The van der Waals surface area contributed by atoms with Gasteiger partial charge in [0.1, 0.15) is 6.04 Å². The van der Waals surface area contributed by atoms with Crippen LogP contribution in [0.2, 0.25) is 0 Å². The molecule has 0 bridgehead atoms. The second-order valence-corrected chi connectivity index (χ2v) is 10.6. The van der Waals surface area contributed by atoms with Gasteiger partial charge >= 0.3 is 0 Å². The molecule has 0 spiro atoms. The van der Waals surface area contributed by atoms with E-state index in [2.05, 4.69) is 5.32 Å². The lowest BCUT2D eigenvalue weighted by Crippen LogP contribution is -2.54. The molecule has 3 aromatic rings. The Balaban J connectivity index is 1.62. The van der Waals surface area contributed by atoms with Crippen LogP contribution in [0.1, 0.15) is 49.4 Å². The van der Waals surface area contributed by atoms with E-state index in [-0.39, 0.29) is 25.0 Å². The zero-order valence-electron chi connectivity index (χ0n) is 22.1. The number of amides is 2. The lowest BCUT2D eigenvalue weighted by atomic mass is 9.99. The molecule has 1 N–H and O–H groups in total. The Morgan fingerprint density at radius 3 is 2.35 bits per heavy atom. The number of hydrogen-bond acceptors (Lipinski definition) is 4. The second-order valence-electron chi connectivity index (χ2n) is 10.6. The Bertz CT molecular complexity index is 1230. The quantitative estimate of drug-likeness (QED) is 0.438. The van der Waals surface area contributed by atoms with E-state index in [9.17, 15) is 9.59 Å². The molecule has 1 aliphatic heterocycles. The van der Waals surface area contributed by atoms with Crippen molar-refractivity contribution in [3.63, 3.8) is 0 Å². The smallest absolute Gasteiger partial charge is 0.243 e. The van der Waals surface area contributed by atoms with Crippen LogP contribution in [0.3, 0.4) is 0 Å². The molecule has 0 unspecified atom stereocenters. The molecule has 1 aliphatic rings. The van der Waals surface area contributed by atoms with Gasteiger partial charge in [0, 0.05) is 24.9 Å². The molecule has 194 valence electrons. The molecule has 0 aliphatic carbocycles. The van der Waals surface area contributed by atoms with Crippen molar-refractivity contribution in [2.24, 2.45) is 0 Å². The molecule has 6 nitrogen and oxygen atoms in total. The fourth-order valence-electron chi connectivity index (χ4n) is 4.47. The van der Waals surface area contributed by atoms with Crippen LogP contribution in [0.15, 0.2) is 72.8 Å². The Morgan fingerprint density at radius 2 is 1.62 bits per heavy atom. The molecule has 6 heteroatoms. The number of aryl methyl sites for hydroxylation is 2. The summed E-state index contributed by atoms with van der Waals surface area (Å²) in [5.74, 6) is 1.21. The number of nitrogens with zero attached hydrogens (tertiary/aromatic N) is 1. The highest BCUT2D eigenvalue weighted by molar-refractivity contribution is 5.88. The maximum absolute atomic E-state index is 13.9. The Kier molecular flexibility index (Phi) is 8.17. The summed E-state index contributed by atoms with van der Waals surface area (Å²) in [6.45, 7) is 8.48. The summed E-state index contributed by atoms with van der Waals surface area (Å²) < 4.78 is 10.9. The molecule has 0 fully saturated rings. The van der Waals surface area contributed by atoms with Gasteiger partial charge in [0.2, 0.25) is 18.6 Å². The van der Waals surface area contributed by atoms with Gasteiger partial charge in [0.15, 0.2) is 11.5 Å². The first-order chi connectivity index (χ1) is 17.7. The molecule has 1 atom stereocenters. The number of carbonyl (C=O) groups excluding carboxylic acids is 2. The van der Waals surface area contributed by atoms with E-state index < -0.39 is 11.6 Å².